The summed E-state index contributed by atoms with van der Waals surface area (Å²) in [5.74, 6) is 0.515. The number of benzene rings is 3. The SMILES string of the molecule is CCOc1cc([C@H]2C(C#N)=C(N)Oc3c2ccc2ccccc32)ccc1OC(=O)c1cccs1. The van der Waals surface area contributed by atoms with E-state index >= 15 is 0 Å². The lowest BCUT2D eigenvalue weighted by Gasteiger charge is -2.28. The molecule has 168 valence electrons. The van der Waals surface area contributed by atoms with E-state index in [-0.39, 0.29) is 5.88 Å². The molecule has 2 N–H and O–H groups in total. The first-order valence-electron chi connectivity index (χ1n) is 10.7. The van der Waals surface area contributed by atoms with Gasteiger partial charge in [-0.2, -0.15) is 5.26 Å². The molecule has 0 spiro atoms. The number of hydrogen-bond donors (Lipinski definition) is 1. The van der Waals surface area contributed by atoms with Crippen LogP contribution < -0.4 is 19.9 Å². The van der Waals surface area contributed by atoms with Crippen LogP contribution >= 0.6 is 11.3 Å². The second-order valence-corrected chi connectivity index (χ2v) is 8.58. The Labute approximate surface area is 200 Å². The van der Waals surface area contributed by atoms with Crippen LogP contribution in [0, 0.1) is 11.3 Å². The lowest BCUT2D eigenvalue weighted by Crippen LogP contribution is -2.21. The number of carbonyl (C=O) groups is 1. The Kier molecular flexibility index (Phi) is 5.66. The van der Waals surface area contributed by atoms with Gasteiger partial charge in [-0.05, 0) is 41.5 Å². The highest BCUT2D eigenvalue weighted by molar-refractivity contribution is 7.12. The minimum absolute atomic E-state index is 0.0718. The van der Waals surface area contributed by atoms with Crippen LogP contribution in [0.25, 0.3) is 10.8 Å². The minimum atomic E-state index is -0.459. The van der Waals surface area contributed by atoms with Crippen LogP contribution in [0.2, 0.25) is 0 Å². The second-order valence-electron chi connectivity index (χ2n) is 7.64. The summed E-state index contributed by atoms with van der Waals surface area (Å²) in [7, 11) is 0. The van der Waals surface area contributed by atoms with Crippen LogP contribution in [-0.4, -0.2) is 12.6 Å². The highest BCUT2D eigenvalue weighted by atomic mass is 32.1. The summed E-state index contributed by atoms with van der Waals surface area (Å²) in [5.41, 5.74) is 8.12. The van der Waals surface area contributed by atoms with E-state index in [1.165, 1.54) is 11.3 Å². The molecule has 0 saturated heterocycles. The lowest BCUT2D eigenvalue weighted by molar-refractivity contribution is 0.0733. The van der Waals surface area contributed by atoms with E-state index in [0.29, 0.717) is 34.3 Å². The predicted molar refractivity (Wildman–Crippen MR) is 130 cm³/mol. The summed E-state index contributed by atoms with van der Waals surface area (Å²) in [5, 5.41) is 13.7. The summed E-state index contributed by atoms with van der Waals surface area (Å²) < 4.78 is 17.3. The summed E-state index contributed by atoms with van der Waals surface area (Å²) >= 11 is 1.31. The molecule has 0 unspecified atom stereocenters. The Morgan fingerprint density at radius 2 is 1.97 bits per heavy atom. The van der Waals surface area contributed by atoms with Gasteiger partial charge >= 0.3 is 5.97 Å². The van der Waals surface area contributed by atoms with E-state index in [1.54, 1.807) is 24.3 Å². The molecule has 5 rings (SSSR count). The number of allylic oxidation sites excluding steroid dienone is 1. The van der Waals surface area contributed by atoms with Crippen molar-refractivity contribution in [2.45, 2.75) is 12.8 Å². The molecule has 1 aliphatic heterocycles. The van der Waals surface area contributed by atoms with Gasteiger partial charge in [0, 0.05) is 10.9 Å². The Bertz CT molecular complexity index is 1470. The number of fused-ring (bicyclic) bond motifs is 3. The van der Waals surface area contributed by atoms with Crippen molar-refractivity contribution in [1.29, 1.82) is 5.26 Å². The van der Waals surface area contributed by atoms with E-state index in [1.807, 2.05) is 54.8 Å². The van der Waals surface area contributed by atoms with Crippen LogP contribution in [0.15, 0.2) is 83.6 Å². The maximum absolute atomic E-state index is 12.5. The highest BCUT2D eigenvalue weighted by Gasteiger charge is 2.32. The third-order valence-corrected chi connectivity index (χ3v) is 6.48. The zero-order valence-corrected chi connectivity index (χ0v) is 19.1. The van der Waals surface area contributed by atoms with Gasteiger partial charge < -0.3 is 19.9 Å². The van der Waals surface area contributed by atoms with E-state index in [4.69, 9.17) is 19.9 Å². The summed E-state index contributed by atoms with van der Waals surface area (Å²) in [6, 6.07) is 22.8. The smallest absolute Gasteiger partial charge is 0.353 e. The zero-order valence-electron chi connectivity index (χ0n) is 18.3. The van der Waals surface area contributed by atoms with Gasteiger partial charge in [0.15, 0.2) is 11.5 Å². The molecule has 2 heterocycles. The van der Waals surface area contributed by atoms with Crippen molar-refractivity contribution in [2.24, 2.45) is 5.73 Å². The molecule has 1 aromatic heterocycles. The highest BCUT2D eigenvalue weighted by Crippen LogP contribution is 2.46. The monoisotopic (exact) mass is 468 g/mol. The molecule has 0 bridgehead atoms. The Balaban J connectivity index is 1.61. The topological polar surface area (TPSA) is 94.6 Å². The molecule has 34 heavy (non-hydrogen) atoms. The van der Waals surface area contributed by atoms with Crippen LogP contribution in [0.4, 0.5) is 0 Å². The van der Waals surface area contributed by atoms with Crippen LogP contribution in [0.3, 0.4) is 0 Å². The van der Waals surface area contributed by atoms with E-state index in [9.17, 15) is 10.1 Å². The van der Waals surface area contributed by atoms with Crippen molar-refractivity contribution in [3.8, 4) is 23.3 Å². The van der Waals surface area contributed by atoms with E-state index < -0.39 is 11.9 Å². The number of nitriles is 1. The fourth-order valence-corrected chi connectivity index (χ4v) is 4.73. The van der Waals surface area contributed by atoms with Crippen molar-refractivity contribution in [1.82, 2.24) is 0 Å². The fourth-order valence-electron chi connectivity index (χ4n) is 4.13. The second kappa shape index (κ2) is 8.93. The zero-order chi connectivity index (χ0) is 23.7. The molecule has 1 atom stereocenters. The van der Waals surface area contributed by atoms with Crippen LogP contribution in [-0.2, 0) is 0 Å². The van der Waals surface area contributed by atoms with Crippen molar-refractivity contribution >= 4 is 28.1 Å². The summed E-state index contributed by atoms with van der Waals surface area (Å²) in [6.07, 6.45) is 0. The average molecular weight is 469 g/mol. The van der Waals surface area contributed by atoms with Crippen molar-refractivity contribution in [3.05, 3.63) is 99.6 Å². The third-order valence-electron chi connectivity index (χ3n) is 5.63. The van der Waals surface area contributed by atoms with Gasteiger partial charge in [-0.25, -0.2) is 4.79 Å². The molecule has 0 amide bonds. The molecule has 0 aliphatic carbocycles. The summed E-state index contributed by atoms with van der Waals surface area (Å²) in [4.78, 5) is 13.0. The Morgan fingerprint density at radius 1 is 1.12 bits per heavy atom. The minimum Gasteiger partial charge on any atom is -0.490 e. The normalized spacial score (nSPS) is 14.8. The van der Waals surface area contributed by atoms with Crippen molar-refractivity contribution in [2.75, 3.05) is 6.61 Å². The van der Waals surface area contributed by atoms with Gasteiger partial charge in [-0.1, -0.05) is 48.5 Å². The van der Waals surface area contributed by atoms with Crippen molar-refractivity contribution in [3.63, 3.8) is 0 Å². The Morgan fingerprint density at radius 3 is 2.74 bits per heavy atom. The molecule has 7 heteroatoms. The van der Waals surface area contributed by atoms with Crippen LogP contribution in [0.5, 0.6) is 17.2 Å². The quantitative estimate of drug-likeness (QED) is 0.297. The first-order chi connectivity index (χ1) is 16.6. The van der Waals surface area contributed by atoms with Gasteiger partial charge in [0.05, 0.1) is 12.5 Å². The van der Waals surface area contributed by atoms with Crippen molar-refractivity contribution < 1.29 is 19.0 Å². The average Bonchev–Trinajstić information content (AvgIpc) is 3.40. The molecular formula is C27H20N2O4S. The number of thiophene rings is 1. The number of nitrogens with zero attached hydrogens (tertiary/aromatic N) is 1. The molecular weight excluding hydrogens is 448 g/mol. The Hall–Kier alpha value is -4.28. The van der Waals surface area contributed by atoms with Gasteiger partial charge in [-0.15, -0.1) is 11.3 Å². The molecule has 1 aliphatic rings. The maximum Gasteiger partial charge on any atom is 0.353 e. The fraction of sp³-hybridized carbons (Fsp3) is 0.111. The van der Waals surface area contributed by atoms with Gasteiger partial charge in [-0.3, -0.25) is 0 Å². The number of esters is 1. The van der Waals surface area contributed by atoms with Crippen LogP contribution in [0.1, 0.15) is 33.6 Å². The number of ether oxygens (including phenoxy) is 3. The standard InChI is InChI=1S/C27H20N2O4S/c1-2-31-22-14-17(10-12-21(22)32-27(30)23-8-5-13-34-23)24-19-11-9-16-6-3-4-7-18(16)25(19)33-26(29)20(24)15-28/h3-14,24H,2,29H2,1H3/t24-/m1/s1. The molecule has 0 radical (unpaired) electrons. The third kappa shape index (κ3) is 3.74. The lowest BCUT2D eigenvalue weighted by atomic mass is 9.82. The number of carbonyl (C=O) groups excluding carboxylic acids is 1. The first kappa shape index (κ1) is 21.6. The molecule has 4 aromatic rings. The van der Waals surface area contributed by atoms with Gasteiger partial charge in [0.1, 0.15) is 22.3 Å². The van der Waals surface area contributed by atoms with E-state index in [2.05, 4.69) is 6.07 Å². The predicted octanol–water partition coefficient (Wildman–Crippen LogP) is 5.74. The number of hydrogen-bond acceptors (Lipinski definition) is 7. The first-order valence-corrected chi connectivity index (χ1v) is 11.6. The molecule has 0 saturated carbocycles. The van der Waals surface area contributed by atoms with Gasteiger partial charge in [0.2, 0.25) is 5.88 Å². The number of nitrogens with two attached hydrogens (primary N) is 1. The maximum atomic E-state index is 12.5. The van der Waals surface area contributed by atoms with E-state index in [0.717, 1.165) is 21.9 Å². The summed E-state index contributed by atoms with van der Waals surface area (Å²) in [6.45, 7) is 2.23. The molecule has 6 nitrogen and oxygen atoms in total. The molecule has 3 aromatic carbocycles. The molecule has 0 fully saturated rings. The van der Waals surface area contributed by atoms with Gasteiger partial charge in [0.25, 0.3) is 0 Å². The number of rotatable bonds is 5. The largest absolute Gasteiger partial charge is 0.490 e.